The molecule has 0 heterocycles. The van der Waals surface area contributed by atoms with Crippen LogP contribution in [0.1, 0.15) is 31.8 Å². The van der Waals surface area contributed by atoms with Crippen molar-refractivity contribution in [3.63, 3.8) is 0 Å². The Bertz CT molecular complexity index is 1350. The maximum Gasteiger partial charge on any atom is 0.195 e. The van der Waals surface area contributed by atoms with Gasteiger partial charge in [0.1, 0.15) is 11.5 Å². The molecule has 0 aliphatic heterocycles. The molecule has 4 aromatic carbocycles. The van der Waals surface area contributed by atoms with Gasteiger partial charge in [0, 0.05) is 27.8 Å². The van der Waals surface area contributed by atoms with Crippen LogP contribution in [0.5, 0.6) is 11.5 Å². The number of benzene rings is 4. The predicted molar refractivity (Wildman–Crippen MR) is 124 cm³/mol. The predicted octanol–water partition coefficient (Wildman–Crippen LogP) is 5.81. The fourth-order valence-electron chi connectivity index (χ4n) is 4.26. The Hall–Kier alpha value is -4.18. The number of hydrogen-bond donors (Lipinski definition) is 0. The molecule has 0 bridgehead atoms. The van der Waals surface area contributed by atoms with Gasteiger partial charge in [-0.1, -0.05) is 54.6 Å². The molecule has 0 saturated heterocycles. The molecular weight excluding hydrogens is 400 g/mol. The minimum absolute atomic E-state index is 0.133. The second kappa shape index (κ2) is 7.82. The van der Waals surface area contributed by atoms with Crippen molar-refractivity contribution in [3.8, 4) is 33.8 Å². The second-order valence-electron chi connectivity index (χ2n) is 7.57. The van der Waals surface area contributed by atoms with Crippen LogP contribution in [0, 0.1) is 0 Å². The molecule has 1 aliphatic carbocycles. The quantitative estimate of drug-likeness (QED) is 0.368. The Morgan fingerprint density at radius 3 is 1.53 bits per heavy atom. The zero-order valence-corrected chi connectivity index (χ0v) is 17.7. The molecule has 32 heavy (non-hydrogen) atoms. The maximum absolute atomic E-state index is 13.7. The summed E-state index contributed by atoms with van der Waals surface area (Å²) in [4.78, 5) is 26.9. The van der Waals surface area contributed by atoms with Crippen molar-refractivity contribution in [1.82, 2.24) is 0 Å². The number of methoxy groups -OCH3 is 2. The van der Waals surface area contributed by atoms with Crippen LogP contribution in [0.4, 0.5) is 0 Å². The highest BCUT2D eigenvalue weighted by atomic mass is 16.5. The summed E-state index contributed by atoms with van der Waals surface area (Å²) in [5.74, 6) is 1.19. The fourth-order valence-corrected chi connectivity index (χ4v) is 4.26. The second-order valence-corrected chi connectivity index (χ2v) is 7.57. The van der Waals surface area contributed by atoms with Crippen LogP contribution in [0.3, 0.4) is 0 Å². The zero-order chi connectivity index (χ0) is 22.2. The lowest BCUT2D eigenvalue weighted by Crippen LogP contribution is -2.22. The summed E-state index contributed by atoms with van der Waals surface area (Å²) in [5.41, 5.74) is 5.13. The van der Waals surface area contributed by atoms with Crippen LogP contribution in [0.2, 0.25) is 0 Å². The van der Waals surface area contributed by atoms with Gasteiger partial charge in [0.25, 0.3) is 0 Å². The van der Waals surface area contributed by atoms with Crippen molar-refractivity contribution < 1.29 is 19.1 Å². The number of carbonyl (C=O) groups is 2. The first-order valence-corrected chi connectivity index (χ1v) is 10.3. The van der Waals surface area contributed by atoms with E-state index in [1.165, 1.54) is 0 Å². The summed E-state index contributed by atoms with van der Waals surface area (Å²) in [5, 5.41) is 0. The first kappa shape index (κ1) is 19.8. The average Bonchev–Trinajstić information content (AvgIpc) is 2.86. The molecule has 0 saturated carbocycles. The summed E-state index contributed by atoms with van der Waals surface area (Å²) >= 11 is 0. The molecule has 0 atom stereocenters. The van der Waals surface area contributed by atoms with Gasteiger partial charge < -0.3 is 9.47 Å². The van der Waals surface area contributed by atoms with Gasteiger partial charge in [-0.05, 0) is 47.0 Å². The molecule has 0 unspecified atom stereocenters. The topological polar surface area (TPSA) is 52.6 Å². The summed E-state index contributed by atoms with van der Waals surface area (Å²) in [6.07, 6.45) is 0. The van der Waals surface area contributed by atoms with E-state index in [9.17, 15) is 9.59 Å². The Labute approximate surface area is 186 Å². The van der Waals surface area contributed by atoms with E-state index in [-0.39, 0.29) is 11.6 Å². The molecule has 0 aromatic heterocycles. The highest BCUT2D eigenvalue weighted by Gasteiger charge is 2.33. The van der Waals surface area contributed by atoms with Crippen molar-refractivity contribution in [2.24, 2.45) is 0 Å². The van der Waals surface area contributed by atoms with Crippen LogP contribution in [-0.4, -0.2) is 25.8 Å². The molecule has 0 amide bonds. The molecule has 156 valence electrons. The molecule has 0 spiro atoms. The minimum Gasteiger partial charge on any atom is -0.497 e. The molecule has 1 aliphatic rings. The van der Waals surface area contributed by atoms with E-state index in [2.05, 4.69) is 0 Å². The third kappa shape index (κ3) is 3.08. The number of ketones is 2. The van der Waals surface area contributed by atoms with Crippen molar-refractivity contribution in [3.05, 3.63) is 107 Å². The zero-order valence-electron chi connectivity index (χ0n) is 17.7. The first-order chi connectivity index (χ1) is 15.6. The van der Waals surface area contributed by atoms with E-state index in [4.69, 9.17) is 9.47 Å². The lowest BCUT2D eigenvalue weighted by Gasteiger charge is -2.23. The van der Waals surface area contributed by atoms with Crippen molar-refractivity contribution >= 4 is 11.6 Å². The van der Waals surface area contributed by atoms with E-state index < -0.39 is 0 Å². The van der Waals surface area contributed by atoms with E-state index >= 15 is 0 Å². The summed E-state index contributed by atoms with van der Waals surface area (Å²) < 4.78 is 10.6. The molecule has 5 rings (SSSR count). The number of ether oxygens (including phenoxy) is 2. The number of rotatable bonds is 4. The third-order valence-corrected chi connectivity index (χ3v) is 5.87. The molecule has 0 radical (unpaired) electrons. The van der Waals surface area contributed by atoms with Crippen LogP contribution < -0.4 is 9.47 Å². The van der Waals surface area contributed by atoms with Gasteiger partial charge in [0.2, 0.25) is 0 Å². The Morgan fingerprint density at radius 1 is 0.469 bits per heavy atom. The van der Waals surface area contributed by atoms with Gasteiger partial charge in [0.05, 0.1) is 14.2 Å². The van der Waals surface area contributed by atoms with Crippen LogP contribution in [-0.2, 0) is 0 Å². The highest BCUT2D eigenvalue weighted by molar-refractivity contribution is 6.31. The van der Waals surface area contributed by atoms with Crippen LogP contribution >= 0.6 is 0 Å². The Kier molecular flexibility index (Phi) is 4.83. The van der Waals surface area contributed by atoms with Crippen LogP contribution in [0.25, 0.3) is 22.3 Å². The number of fused-ring (bicyclic) bond motifs is 2. The number of hydrogen-bond acceptors (Lipinski definition) is 4. The lowest BCUT2D eigenvalue weighted by atomic mass is 9.78. The average molecular weight is 420 g/mol. The maximum atomic E-state index is 13.7. The summed E-state index contributed by atoms with van der Waals surface area (Å²) in [6, 6.07) is 25.9. The SMILES string of the molecule is COc1ccc(-c2ccc3c(c2-c2ccc(OC)cc2)C(=O)c2ccccc2C3=O)cc1. The van der Waals surface area contributed by atoms with E-state index in [0.717, 1.165) is 33.8 Å². The van der Waals surface area contributed by atoms with Gasteiger partial charge in [0.15, 0.2) is 11.6 Å². The van der Waals surface area contributed by atoms with Gasteiger partial charge in [-0.25, -0.2) is 0 Å². The molecule has 0 N–H and O–H groups in total. The summed E-state index contributed by atoms with van der Waals surface area (Å²) in [7, 11) is 3.24. The van der Waals surface area contributed by atoms with Crippen molar-refractivity contribution in [1.29, 1.82) is 0 Å². The largest absolute Gasteiger partial charge is 0.497 e. The van der Waals surface area contributed by atoms with Crippen LogP contribution in [0.15, 0.2) is 84.9 Å². The smallest absolute Gasteiger partial charge is 0.195 e. The first-order valence-electron chi connectivity index (χ1n) is 10.3. The Morgan fingerprint density at radius 2 is 0.969 bits per heavy atom. The third-order valence-electron chi connectivity index (χ3n) is 5.87. The van der Waals surface area contributed by atoms with E-state index in [0.29, 0.717) is 22.3 Å². The monoisotopic (exact) mass is 420 g/mol. The molecule has 0 fully saturated rings. The molecule has 4 heteroatoms. The van der Waals surface area contributed by atoms with Gasteiger partial charge in [-0.3, -0.25) is 9.59 Å². The van der Waals surface area contributed by atoms with Crippen molar-refractivity contribution in [2.45, 2.75) is 0 Å². The number of carbonyl (C=O) groups excluding carboxylic acids is 2. The summed E-state index contributed by atoms with van der Waals surface area (Å²) in [6.45, 7) is 0. The normalized spacial score (nSPS) is 12.2. The van der Waals surface area contributed by atoms with Gasteiger partial charge in [-0.2, -0.15) is 0 Å². The van der Waals surface area contributed by atoms with E-state index in [1.54, 1.807) is 44.6 Å². The minimum atomic E-state index is -0.142. The van der Waals surface area contributed by atoms with Crippen molar-refractivity contribution in [2.75, 3.05) is 14.2 Å². The standard InChI is InChI=1S/C28H20O4/c1-31-19-11-7-17(8-12-19)21-15-16-24-26(25(21)18-9-13-20(32-2)14-10-18)28(30)23-6-4-3-5-22(23)27(24)29/h3-16H,1-2H3. The van der Waals surface area contributed by atoms with Gasteiger partial charge >= 0.3 is 0 Å². The van der Waals surface area contributed by atoms with E-state index in [1.807, 2.05) is 54.6 Å². The van der Waals surface area contributed by atoms with Gasteiger partial charge in [-0.15, -0.1) is 0 Å². The molecular formula is C28H20O4. The lowest BCUT2D eigenvalue weighted by molar-refractivity contribution is 0.0979. The Balaban J connectivity index is 1.80. The fraction of sp³-hybridized carbons (Fsp3) is 0.0714. The molecule has 4 nitrogen and oxygen atoms in total. The molecule has 4 aromatic rings. The highest BCUT2D eigenvalue weighted by Crippen LogP contribution is 2.41.